The van der Waals surface area contributed by atoms with Crippen LogP contribution in [0.15, 0.2) is 28.7 Å². The highest BCUT2D eigenvalue weighted by Gasteiger charge is 2.30. The van der Waals surface area contributed by atoms with Crippen molar-refractivity contribution >= 4 is 27.8 Å². The summed E-state index contributed by atoms with van der Waals surface area (Å²) in [6.07, 6.45) is 0.390. The maximum atomic E-state index is 12.1. The van der Waals surface area contributed by atoms with Crippen molar-refractivity contribution in [2.75, 3.05) is 26.7 Å². The first-order valence-corrected chi connectivity index (χ1v) is 7.25. The Hall–Kier alpha value is -1.40. The van der Waals surface area contributed by atoms with Gasteiger partial charge in [0.25, 0.3) is 0 Å². The summed E-state index contributed by atoms with van der Waals surface area (Å²) in [5.74, 6) is -0.289. The summed E-state index contributed by atoms with van der Waals surface area (Å²) in [6.45, 7) is 1.70. The zero-order valence-corrected chi connectivity index (χ0v) is 12.9. The lowest BCUT2D eigenvalue weighted by Crippen LogP contribution is -2.37. The number of carbonyl (C=O) groups excluding carboxylic acids is 2. The van der Waals surface area contributed by atoms with Crippen LogP contribution in [0.4, 0.5) is 0 Å². The molecule has 0 aliphatic carbocycles. The molecule has 1 amide bonds. The van der Waals surface area contributed by atoms with E-state index in [1.807, 2.05) is 29.2 Å². The maximum Gasteiger partial charge on any atom is 0.327 e. The van der Waals surface area contributed by atoms with Gasteiger partial charge in [-0.15, -0.1) is 0 Å². The number of rotatable bonds is 3. The van der Waals surface area contributed by atoms with Crippen LogP contribution in [0.5, 0.6) is 0 Å². The van der Waals surface area contributed by atoms with Crippen LogP contribution in [0.1, 0.15) is 18.0 Å². The summed E-state index contributed by atoms with van der Waals surface area (Å²) in [5, 5.41) is 2.81. The molecule has 1 N–H and O–H groups in total. The van der Waals surface area contributed by atoms with Gasteiger partial charge in [-0.1, -0.05) is 28.1 Å². The van der Waals surface area contributed by atoms with E-state index in [-0.39, 0.29) is 11.9 Å². The van der Waals surface area contributed by atoms with E-state index in [0.717, 1.165) is 10.0 Å². The Bertz CT molecular complexity index is 507. The van der Waals surface area contributed by atoms with E-state index in [1.54, 1.807) is 0 Å². The van der Waals surface area contributed by atoms with Crippen molar-refractivity contribution in [3.63, 3.8) is 0 Å². The molecule has 1 aromatic rings. The number of ether oxygens (including phenoxy) is 1. The number of benzene rings is 1. The number of nitrogens with one attached hydrogen (secondary N) is 1. The van der Waals surface area contributed by atoms with Crippen molar-refractivity contribution in [1.82, 2.24) is 10.2 Å². The molecule has 0 saturated carbocycles. The van der Waals surface area contributed by atoms with Crippen LogP contribution < -0.4 is 5.32 Å². The predicted octanol–water partition coefficient (Wildman–Crippen LogP) is 1.49. The van der Waals surface area contributed by atoms with Gasteiger partial charge in [0.05, 0.1) is 7.11 Å². The Kier molecular flexibility index (Phi) is 5.14. The van der Waals surface area contributed by atoms with Crippen molar-refractivity contribution in [2.45, 2.75) is 12.5 Å². The number of amides is 1. The van der Waals surface area contributed by atoms with E-state index >= 15 is 0 Å². The molecule has 1 fully saturated rings. The van der Waals surface area contributed by atoms with Gasteiger partial charge in [0.1, 0.15) is 6.04 Å². The van der Waals surface area contributed by atoms with E-state index in [1.165, 1.54) is 7.11 Å². The number of nitrogens with zero attached hydrogens (tertiary/aromatic N) is 1. The number of hydrogen-bond donors (Lipinski definition) is 1. The maximum absolute atomic E-state index is 12.1. The van der Waals surface area contributed by atoms with Crippen LogP contribution in [0, 0.1) is 0 Å². The van der Waals surface area contributed by atoms with Crippen LogP contribution in [0.25, 0.3) is 0 Å². The van der Waals surface area contributed by atoms with E-state index in [2.05, 4.69) is 21.2 Å². The minimum Gasteiger partial charge on any atom is -0.468 e. The predicted molar refractivity (Wildman–Crippen MR) is 78.1 cm³/mol. The number of hydrogen-bond acceptors (Lipinski definition) is 4. The lowest BCUT2D eigenvalue weighted by molar-refractivity contribution is -0.147. The van der Waals surface area contributed by atoms with Gasteiger partial charge in [-0.05, 0) is 17.7 Å². The Balaban J connectivity index is 2.27. The van der Waals surface area contributed by atoms with Crippen molar-refractivity contribution in [2.24, 2.45) is 0 Å². The van der Waals surface area contributed by atoms with E-state index in [9.17, 15) is 9.59 Å². The van der Waals surface area contributed by atoms with Crippen molar-refractivity contribution < 1.29 is 14.3 Å². The molecule has 2 rings (SSSR count). The first-order chi connectivity index (χ1) is 9.61. The summed E-state index contributed by atoms with van der Waals surface area (Å²) in [6, 6.07) is 7.11. The molecule has 0 spiro atoms. The summed E-state index contributed by atoms with van der Waals surface area (Å²) in [5.41, 5.74) is 0.862. The molecule has 1 aliphatic heterocycles. The highest BCUT2D eigenvalue weighted by molar-refractivity contribution is 9.10. The molecule has 1 saturated heterocycles. The average molecular weight is 341 g/mol. The molecule has 0 unspecified atom stereocenters. The minimum atomic E-state index is -0.481. The van der Waals surface area contributed by atoms with Gasteiger partial charge in [0, 0.05) is 30.5 Å². The SMILES string of the molecule is COC(=O)[C@@H](c1cccc(Br)c1)N1CCNC(=O)CC1. The summed E-state index contributed by atoms with van der Waals surface area (Å²) < 4.78 is 5.84. The third kappa shape index (κ3) is 3.58. The van der Waals surface area contributed by atoms with Gasteiger partial charge in [-0.3, -0.25) is 9.69 Å². The molecule has 0 aromatic heterocycles. The quantitative estimate of drug-likeness (QED) is 0.847. The van der Waals surface area contributed by atoms with Gasteiger partial charge in [-0.2, -0.15) is 0 Å². The van der Waals surface area contributed by atoms with Crippen LogP contribution in [0.2, 0.25) is 0 Å². The molecule has 6 heteroatoms. The van der Waals surface area contributed by atoms with Gasteiger partial charge in [0.15, 0.2) is 0 Å². The van der Waals surface area contributed by atoms with Gasteiger partial charge in [-0.25, -0.2) is 4.79 Å². The zero-order valence-electron chi connectivity index (χ0n) is 11.3. The van der Waals surface area contributed by atoms with Crippen LogP contribution in [-0.4, -0.2) is 43.5 Å². The molecular formula is C14H17BrN2O3. The first kappa shape index (κ1) is 15.0. The first-order valence-electron chi connectivity index (χ1n) is 6.46. The second-order valence-corrected chi connectivity index (χ2v) is 5.53. The lowest BCUT2D eigenvalue weighted by atomic mass is 10.1. The average Bonchev–Trinajstić information content (AvgIpc) is 2.64. The number of carbonyl (C=O) groups is 2. The normalized spacial score (nSPS) is 18.0. The fourth-order valence-corrected chi connectivity index (χ4v) is 2.74. The molecule has 1 aromatic carbocycles. The molecule has 1 atom stereocenters. The van der Waals surface area contributed by atoms with E-state index < -0.39 is 6.04 Å². The molecule has 1 heterocycles. The molecule has 1 aliphatic rings. The summed E-state index contributed by atoms with van der Waals surface area (Å²) >= 11 is 3.41. The Labute approximate surface area is 126 Å². The molecule has 20 heavy (non-hydrogen) atoms. The molecule has 108 valence electrons. The molecular weight excluding hydrogens is 324 g/mol. The Morgan fingerprint density at radius 1 is 1.45 bits per heavy atom. The third-order valence-electron chi connectivity index (χ3n) is 3.30. The topological polar surface area (TPSA) is 58.6 Å². The van der Waals surface area contributed by atoms with Crippen LogP contribution in [-0.2, 0) is 14.3 Å². The molecule has 0 radical (unpaired) electrons. The highest BCUT2D eigenvalue weighted by Crippen LogP contribution is 2.25. The van der Waals surface area contributed by atoms with Crippen LogP contribution in [0.3, 0.4) is 0 Å². The highest BCUT2D eigenvalue weighted by atomic mass is 79.9. The smallest absolute Gasteiger partial charge is 0.327 e. The minimum absolute atomic E-state index is 0.0189. The second kappa shape index (κ2) is 6.85. The number of methoxy groups -OCH3 is 1. The van der Waals surface area contributed by atoms with Gasteiger partial charge >= 0.3 is 5.97 Å². The van der Waals surface area contributed by atoms with Gasteiger partial charge in [0.2, 0.25) is 5.91 Å². The third-order valence-corrected chi connectivity index (χ3v) is 3.79. The number of esters is 1. The Morgan fingerprint density at radius 2 is 2.25 bits per heavy atom. The molecule has 5 nitrogen and oxygen atoms in total. The lowest BCUT2D eigenvalue weighted by Gasteiger charge is -2.28. The summed E-state index contributed by atoms with van der Waals surface area (Å²) in [7, 11) is 1.38. The Morgan fingerprint density at radius 3 is 2.95 bits per heavy atom. The van der Waals surface area contributed by atoms with E-state index in [4.69, 9.17) is 4.74 Å². The molecule has 0 bridgehead atoms. The van der Waals surface area contributed by atoms with Crippen molar-refractivity contribution in [1.29, 1.82) is 0 Å². The van der Waals surface area contributed by atoms with Crippen molar-refractivity contribution in [3.05, 3.63) is 34.3 Å². The second-order valence-electron chi connectivity index (χ2n) is 4.62. The van der Waals surface area contributed by atoms with Crippen molar-refractivity contribution in [3.8, 4) is 0 Å². The number of halogens is 1. The van der Waals surface area contributed by atoms with E-state index in [0.29, 0.717) is 26.1 Å². The summed E-state index contributed by atoms with van der Waals surface area (Å²) in [4.78, 5) is 25.5. The van der Waals surface area contributed by atoms with Crippen LogP contribution >= 0.6 is 15.9 Å². The fourth-order valence-electron chi connectivity index (χ4n) is 2.33. The zero-order chi connectivity index (χ0) is 14.5. The largest absolute Gasteiger partial charge is 0.468 e. The standard InChI is InChI=1S/C14H17BrN2O3/c1-20-14(19)13(10-3-2-4-11(15)9-10)17-7-5-12(18)16-6-8-17/h2-4,9,13H,5-8H2,1H3,(H,16,18)/t13-/m1/s1. The monoisotopic (exact) mass is 340 g/mol. The fraction of sp³-hybridized carbons (Fsp3) is 0.429. The van der Waals surface area contributed by atoms with Gasteiger partial charge < -0.3 is 10.1 Å².